The van der Waals surface area contributed by atoms with Crippen LogP contribution in [0.3, 0.4) is 0 Å². The average molecular weight is 123 g/mol. The van der Waals surface area contributed by atoms with Crippen LogP contribution in [0.15, 0.2) is 23.7 Å². The molecule has 2 aromatic heterocycles. The van der Waals surface area contributed by atoms with E-state index in [1.165, 1.54) is 10.2 Å². The Labute approximate surface area is 51.0 Å². The molecule has 40 valence electrons. The number of hydrogen-bond acceptors (Lipinski definition) is 1. The smallest absolute Gasteiger partial charge is 0.0563 e. The van der Waals surface area contributed by atoms with Crippen LogP contribution in [0.2, 0.25) is 0 Å². The highest BCUT2D eigenvalue weighted by Crippen LogP contribution is 2.17. The molecule has 0 saturated heterocycles. The van der Waals surface area contributed by atoms with Crippen molar-refractivity contribution >= 4 is 21.6 Å². The number of H-pyrrole nitrogens is 1. The molecule has 0 bridgehead atoms. The number of thiophene rings is 1. The van der Waals surface area contributed by atoms with Gasteiger partial charge in [-0.1, -0.05) is 0 Å². The highest BCUT2D eigenvalue weighted by atomic mass is 32.1. The maximum atomic E-state index is 3.11. The van der Waals surface area contributed by atoms with E-state index in [0.717, 1.165) is 0 Å². The molecule has 0 saturated carbocycles. The summed E-state index contributed by atoms with van der Waals surface area (Å²) in [5.41, 5.74) is 1.25. The van der Waals surface area contributed by atoms with Gasteiger partial charge in [0.1, 0.15) is 0 Å². The molecular formula is C6H5NS. The van der Waals surface area contributed by atoms with Gasteiger partial charge in [0.15, 0.2) is 0 Å². The molecule has 0 aromatic carbocycles. The zero-order chi connectivity index (χ0) is 5.40. The van der Waals surface area contributed by atoms with E-state index in [9.17, 15) is 0 Å². The molecule has 0 radical (unpaired) electrons. The number of aromatic nitrogens is 1. The van der Waals surface area contributed by atoms with Crippen LogP contribution in [0, 0.1) is 0 Å². The molecule has 0 spiro atoms. The Kier molecular flexibility index (Phi) is 0.704. The molecule has 2 aromatic rings. The van der Waals surface area contributed by atoms with Crippen LogP contribution in [0.1, 0.15) is 0 Å². The Morgan fingerprint density at radius 3 is 3.25 bits per heavy atom. The van der Waals surface area contributed by atoms with Gasteiger partial charge in [-0.2, -0.15) is 0 Å². The lowest BCUT2D eigenvalue weighted by molar-refractivity contribution is 1.48. The fraction of sp³-hybridized carbons (Fsp3) is 0. The first-order valence-electron chi connectivity index (χ1n) is 2.47. The van der Waals surface area contributed by atoms with Crippen LogP contribution in [-0.2, 0) is 0 Å². The molecule has 0 aliphatic rings. The molecular weight excluding hydrogens is 118 g/mol. The summed E-state index contributed by atoms with van der Waals surface area (Å²) in [4.78, 5) is 3.11. The summed E-state index contributed by atoms with van der Waals surface area (Å²) < 4.78 is 1.34. The van der Waals surface area contributed by atoms with E-state index in [1.54, 1.807) is 11.3 Å². The molecule has 2 heterocycles. The van der Waals surface area contributed by atoms with Crippen molar-refractivity contribution in [2.75, 3.05) is 0 Å². The SMILES string of the molecule is c1cc2sccc2[nH]1. The van der Waals surface area contributed by atoms with Gasteiger partial charge in [-0.15, -0.1) is 11.3 Å². The number of fused-ring (bicyclic) bond motifs is 1. The van der Waals surface area contributed by atoms with Crippen molar-refractivity contribution in [1.29, 1.82) is 0 Å². The van der Waals surface area contributed by atoms with E-state index in [1.807, 2.05) is 6.20 Å². The quantitative estimate of drug-likeness (QED) is 0.553. The third kappa shape index (κ3) is 0.406. The molecule has 1 N–H and O–H groups in total. The lowest BCUT2D eigenvalue weighted by Crippen LogP contribution is -1.49. The third-order valence-electron chi connectivity index (χ3n) is 1.17. The second kappa shape index (κ2) is 1.36. The van der Waals surface area contributed by atoms with Gasteiger partial charge < -0.3 is 4.98 Å². The van der Waals surface area contributed by atoms with Crippen LogP contribution in [0.5, 0.6) is 0 Å². The van der Waals surface area contributed by atoms with Crippen LogP contribution in [0.4, 0.5) is 0 Å². The molecule has 2 rings (SSSR count). The predicted octanol–water partition coefficient (Wildman–Crippen LogP) is 2.23. The molecule has 0 amide bonds. The van der Waals surface area contributed by atoms with E-state index in [0.29, 0.717) is 0 Å². The minimum Gasteiger partial charge on any atom is -0.360 e. The van der Waals surface area contributed by atoms with Crippen LogP contribution >= 0.6 is 11.3 Å². The molecule has 0 aliphatic heterocycles. The fourth-order valence-corrected chi connectivity index (χ4v) is 1.53. The molecule has 1 nitrogen and oxygen atoms in total. The van der Waals surface area contributed by atoms with Gasteiger partial charge in [0.2, 0.25) is 0 Å². The predicted molar refractivity (Wildman–Crippen MR) is 36.2 cm³/mol. The monoisotopic (exact) mass is 123 g/mol. The topological polar surface area (TPSA) is 15.8 Å². The van der Waals surface area contributed by atoms with Crippen molar-refractivity contribution in [2.24, 2.45) is 0 Å². The van der Waals surface area contributed by atoms with Crippen LogP contribution in [0.25, 0.3) is 10.2 Å². The van der Waals surface area contributed by atoms with Crippen molar-refractivity contribution < 1.29 is 0 Å². The normalized spacial score (nSPS) is 10.5. The molecule has 0 atom stereocenters. The van der Waals surface area contributed by atoms with Crippen molar-refractivity contribution in [1.82, 2.24) is 4.98 Å². The highest BCUT2D eigenvalue weighted by molar-refractivity contribution is 7.17. The van der Waals surface area contributed by atoms with Crippen molar-refractivity contribution in [3.05, 3.63) is 23.7 Å². The summed E-state index contributed by atoms with van der Waals surface area (Å²) in [5.74, 6) is 0. The first-order valence-corrected chi connectivity index (χ1v) is 3.35. The summed E-state index contributed by atoms with van der Waals surface area (Å²) in [5, 5.41) is 2.08. The Bertz CT molecular complexity index is 230. The second-order valence-corrected chi connectivity index (χ2v) is 2.62. The maximum Gasteiger partial charge on any atom is 0.0563 e. The largest absolute Gasteiger partial charge is 0.360 e. The Morgan fingerprint density at radius 2 is 2.38 bits per heavy atom. The summed E-state index contributed by atoms with van der Waals surface area (Å²) in [7, 11) is 0. The zero-order valence-corrected chi connectivity index (χ0v) is 5.03. The summed E-state index contributed by atoms with van der Waals surface area (Å²) >= 11 is 1.76. The highest BCUT2D eigenvalue weighted by Gasteiger charge is 1.89. The van der Waals surface area contributed by atoms with Gasteiger partial charge in [-0.25, -0.2) is 0 Å². The number of hydrogen-bond donors (Lipinski definition) is 1. The van der Waals surface area contributed by atoms with Gasteiger partial charge >= 0.3 is 0 Å². The molecule has 8 heavy (non-hydrogen) atoms. The molecule has 0 aliphatic carbocycles. The fourth-order valence-electron chi connectivity index (χ4n) is 0.776. The Balaban J connectivity index is 3.06. The van der Waals surface area contributed by atoms with Crippen molar-refractivity contribution in [2.45, 2.75) is 0 Å². The Morgan fingerprint density at radius 1 is 1.38 bits per heavy atom. The number of aromatic amines is 1. The van der Waals surface area contributed by atoms with E-state index in [-0.39, 0.29) is 0 Å². The van der Waals surface area contributed by atoms with Crippen molar-refractivity contribution in [3.8, 4) is 0 Å². The minimum absolute atomic E-state index is 1.25. The molecule has 0 unspecified atom stereocenters. The third-order valence-corrected chi connectivity index (χ3v) is 2.05. The molecule has 2 heteroatoms. The standard InChI is InChI=1S/C6H5NS/c1-3-7-5-2-4-8-6(1)5/h1-4,7H. The van der Waals surface area contributed by atoms with Crippen molar-refractivity contribution in [3.63, 3.8) is 0 Å². The van der Waals surface area contributed by atoms with Gasteiger partial charge in [-0.3, -0.25) is 0 Å². The minimum atomic E-state index is 1.25. The summed E-state index contributed by atoms with van der Waals surface area (Å²) in [6.45, 7) is 0. The second-order valence-electron chi connectivity index (χ2n) is 1.68. The maximum absolute atomic E-state index is 3.11. The van der Waals surface area contributed by atoms with E-state index in [4.69, 9.17) is 0 Å². The molecule has 0 fully saturated rings. The van der Waals surface area contributed by atoms with Gasteiger partial charge in [0, 0.05) is 6.20 Å². The lowest BCUT2D eigenvalue weighted by atomic mass is 10.5. The van der Waals surface area contributed by atoms with Crippen LogP contribution in [-0.4, -0.2) is 4.98 Å². The average Bonchev–Trinajstić information content (AvgIpc) is 2.15. The summed E-state index contributed by atoms with van der Waals surface area (Å²) in [6.07, 6.45) is 1.96. The van der Waals surface area contributed by atoms with Gasteiger partial charge in [0.05, 0.1) is 10.2 Å². The number of rotatable bonds is 0. The van der Waals surface area contributed by atoms with Gasteiger partial charge in [0.25, 0.3) is 0 Å². The van der Waals surface area contributed by atoms with E-state index < -0.39 is 0 Å². The number of nitrogens with one attached hydrogen (secondary N) is 1. The zero-order valence-electron chi connectivity index (χ0n) is 4.22. The van der Waals surface area contributed by atoms with Crippen LogP contribution < -0.4 is 0 Å². The summed E-state index contributed by atoms with van der Waals surface area (Å²) in [6, 6.07) is 4.17. The first-order chi connectivity index (χ1) is 3.97. The Hall–Kier alpha value is -0.760. The van der Waals surface area contributed by atoms with E-state index in [2.05, 4.69) is 22.5 Å². The van der Waals surface area contributed by atoms with Gasteiger partial charge in [-0.05, 0) is 17.5 Å². The first kappa shape index (κ1) is 4.15. The van der Waals surface area contributed by atoms with E-state index >= 15 is 0 Å². The lowest BCUT2D eigenvalue weighted by Gasteiger charge is -1.66.